The van der Waals surface area contributed by atoms with Gasteiger partial charge in [-0.1, -0.05) is 12.1 Å². The van der Waals surface area contributed by atoms with E-state index < -0.39 is 0 Å². The summed E-state index contributed by atoms with van der Waals surface area (Å²) in [6, 6.07) is 10.6. The third-order valence-corrected chi connectivity index (χ3v) is 4.29. The van der Waals surface area contributed by atoms with Crippen molar-refractivity contribution in [2.75, 3.05) is 20.1 Å². The first-order valence-electron chi connectivity index (χ1n) is 7.51. The Hall–Kier alpha value is -2.27. The van der Waals surface area contributed by atoms with Crippen molar-refractivity contribution in [3.63, 3.8) is 0 Å². The molecule has 1 aromatic carbocycles. The van der Waals surface area contributed by atoms with Gasteiger partial charge in [-0.15, -0.1) is 0 Å². The maximum Gasteiger partial charge on any atom is 0.164 e. The first kappa shape index (κ1) is 13.4. The third kappa shape index (κ3) is 2.09. The molecule has 0 bridgehead atoms. The topological polar surface area (TPSA) is 34.0 Å². The van der Waals surface area contributed by atoms with E-state index >= 15 is 0 Å². The van der Waals surface area contributed by atoms with Crippen molar-refractivity contribution >= 4 is 11.2 Å². The van der Waals surface area contributed by atoms with Crippen LogP contribution in [0.25, 0.3) is 16.9 Å². The summed E-state index contributed by atoms with van der Waals surface area (Å²) in [7, 11) is 2.11. The second kappa shape index (κ2) is 5.18. The highest BCUT2D eigenvalue weighted by Crippen LogP contribution is 2.31. The molecule has 1 aliphatic heterocycles. The number of para-hydroxylation sites is 1. The molecule has 0 saturated carbocycles. The normalized spacial score (nSPS) is 19.1. The Kier molecular flexibility index (Phi) is 3.15. The summed E-state index contributed by atoms with van der Waals surface area (Å²) in [5.41, 5.74) is 2.06. The lowest BCUT2D eigenvalue weighted by molar-refractivity contribution is 0.409. The van der Waals surface area contributed by atoms with Gasteiger partial charge < -0.3 is 4.90 Å². The highest BCUT2D eigenvalue weighted by molar-refractivity contribution is 5.74. The fourth-order valence-electron chi connectivity index (χ4n) is 3.22. The zero-order chi connectivity index (χ0) is 15.1. The molecule has 1 unspecified atom stereocenters. The van der Waals surface area contributed by atoms with Gasteiger partial charge in [0.15, 0.2) is 5.65 Å². The zero-order valence-electron chi connectivity index (χ0n) is 12.4. The summed E-state index contributed by atoms with van der Waals surface area (Å²) in [4.78, 5) is 11.5. The number of rotatable bonds is 2. The van der Waals surface area contributed by atoms with Gasteiger partial charge in [0.1, 0.15) is 17.2 Å². The van der Waals surface area contributed by atoms with Crippen LogP contribution in [0.4, 0.5) is 4.39 Å². The van der Waals surface area contributed by atoms with E-state index in [-0.39, 0.29) is 5.82 Å². The smallest absolute Gasteiger partial charge is 0.164 e. The molecule has 5 heteroatoms. The number of pyridine rings is 1. The summed E-state index contributed by atoms with van der Waals surface area (Å²) in [5.74, 6) is 0.960. The van der Waals surface area contributed by atoms with Gasteiger partial charge in [0.25, 0.3) is 0 Å². The van der Waals surface area contributed by atoms with Crippen molar-refractivity contribution in [2.45, 2.75) is 12.3 Å². The SMILES string of the molecule is CN1CCC(c2nc3cccnc3n2-c2ccccc2F)C1. The molecule has 112 valence electrons. The van der Waals surface area contributed by atoms with Crippen molar-refractivity contribution in [2.24, 2.45) is 0 Å². The van der Waals surface area contributed by atoms with Crippen LogP contribution >= 0.6 is 0 Å². The lowest BCUT2D eigenvalue weighted by Crippen LogP contribution is -2.15. The fraction of sp³-hybridized carbons (Fsp3) is 0.294. The number of fused-ring (bicyclic) bond motifs is 1. The molecule has 0 aliphatic carbocycles. The van der Waals surface area contributed by atoms with Crippen LogP contribution in [-0.2, 0) is 0 Å². The van der Waals surface area contributed by atoms with Crippen molar-refractivity contribution in [1.82, 2.24) is 19.4 Å². The van der Waals surface area contributed by atoms with Crippen LogP contribution in [0.15, 0.2) is 42.6 Å². The average Bonchev–Trinajstić information content (AvgIpc) is 3.11. The Morgan fingerprint density at radius 2 is 2.05 bits per heavy atom. The third-order valence-electron chi connectivity index (χ3n) is 4.29. The molecule has 0 radical (unpaired) electrons. The van der Waals surface area contributed by atoms with E-state index in [1.54, 1.807) is 18.3 Å². The van der Waals surface area contributed by atoms with Crippen molar-refractivity contribution < 1.29 is 4.39 Å². The Morgan fingerprint density at radius 3 is 2.82 bits per heavy atom. The second-order valence-electron chi connectivity index (χ2n) is 5.85. The lowest BCUT2D eigenvalue weighted by Gasteiger charge is -2.14. The van der Waals surface area contributed by atoms with Crippen LogP contribution in [0.2, 0.25) is 0 Å². The quantitative estimate of drug-likeness (QED) is 0.729. The molecule has 1 saturated heterocycles. The molecule has 3 heterocycles. The van der Waals surface area contributed by atoms with E-state index in [1.165, 1.54) is 6.07 Å². The minimum Gasteiger partial charge on any atom is -0.306 e. The number of likely N-dealkylation sites (N-methyl/N-ethyl adjacent to an activating group) is 1. The van der Waals surface area contributed by atoms with E-state index in [4.69, 9.17) is 4.98 Å². The molecule has 1 fully saturated rings. The Morgan fingerprint density at radius 1 is 1.18 bits per heavy atom. The van der Waals surface area contributed by atoms with E-state index in [0.29, 0.717) is 11.6 Å². The number of likely N-dealkylation sites (tertiary alicyclic amines) is 1. The van der Waals surface area contributed by atoms with Gasteiger partial charge in [-0.05, 0) is 44.3 Å². The number of halogens is 1. The first-order chi connectivity index (χ1) is 10.7. The Balaban J connectivity index is 1.96. The Bertz CT molecular complexity index is 826. The van der Waals surface area contributed by atoms with Crippen molar-refractivity contribution in [3.05, 3.63) is 54.2 Å². The van der Waals surface area contributed by atoms with E-state index in [1.807, 2.05) is 22.8 Å². The summed E-state index contributed by atoms with van der Waals surface area (Å²) in [5, 5.41) is 0. The molecule has 0 amide bonds. The molecule has 0 N–H and O–H groups in total. The first-order valence-corrected chi connectivity index (χ1v) is 7.51. The monoisotopic (exact) mass is 296 g/mol. The molecule has 4 nitrogen and oxygen atoms in total. The van der Waals surface area contributed by atoms with Crippen LogP contribution in [0.1, 0.15) is 18.2 Å². The predicted molar refractivity (Wildman–Crippen MR) is 83.7 cm³/mol. The molecule has 3 aromatic rings. The van der Waals surface area contributed by atoms with Gasteiger partial charge in [-0.2, -0.15) is 0 Å². The molecule has 22 heavy (non-hydrogen) atoms. The standard InChI is InChI=1S/C17H17FN4/c1-21-10-8-12(11-21)16-20-14-6-4-9-19-17(14)22(16)15-7-3-2-5-13(15)18/h2-7,9,12H,8,10-11H2,1H3. The summed E-state index contributed by atoms with van der Waals surface area (Å²) >= 11 is 0. The van der Waals surface area contributed by atoms with Crippen LogP contribution in [0, 0.1) is 5.82 Å². The molecular formula is C17H17FN4. The predicted octanol–water partition coefficient (Wildman–Crippen LogP) is 2.98. The second-order valence-corrected chi connectivity index (χ2v) is 5.85. The lowest BCUT2D eigenvalue weighted by atomic mass is 10.1. The molecule has 1 atom stereocenters. The Labute approximate surface area is 128 Å². The maximum atomic E-state index is 14.3. The molecule has 2 aromatic heterocycles. The minimum atomic E-state index is -0.250. The fourth-order valence-corrected chi connectivity index (χ4v) is 3.22. The van der Waals surface area contributed by atoms with Gasteiger partial charge in [0.2, 0.25) is 0 Å². The number of aromatic nitrogens is 3. The summed E-state index contributed by atoms with van der Waals surface area (Å²) < 4.78 is 16.2. The average molecular weight is 296 g/mol. The highest BCUT2D eigenvalue weighted by Gasteiger charge is 2.28. The number of imidazole rings is 1. The zero-order valence-corrected chi connectivity index (χ0v) is 12.4. The summed E-state index contributed by atoms with van der Waals surface area (Å²) in [6.07, 6.45) is 2.76. The number of benzene rings is 1. The number of nitrogens with zero attached hydrogens (tertiary/aromatic N) is 4. The highest BCUT2D eigenvalue weighted by atomic mass is 19.1. The summed E-state index contributed by atoms with van der Waals surface area (Å²) in [6.45, 7) is 1.98. The molecule has 0 spiro atoms. The van der Waals surface area contributed by atoms with Crippen molar-refractivity contribution in [1.29, 1.82) is 0 Å². The molecular weight excluding hydrogens is 279 g/mol. The van der Waals surface area contributed by atoms with Crippen molar-refractivity contribution in [3.8, 4) is 5.69 Å². The van der Waals surface area contributed by atoms with Gasteiger partial charge in [-0.25, -0.2) is 14.4 Å². The van der Waals surface area contributed by atoms with E-state index in [0.717, 1.165) is 36.5 Å². The van der Waals surface area contributed by atoms with E-state index in [9.17, 15) is 4.39 Å². The minimum absolute atomic E-state index is 0.250. The maximum absolute atomic E-state index is 14.3. The number of hydrogen-bond donors (Lipinski definition) is 0. The molecule has 1 aliphatic rings. The van der Waals surface area contributed by atoms with Gasteiger partial charge in [0, 0.05) is 18.7 Å². The van der Waals surface area contributed by atoms with Crippen LogP contribution < -0.4 is 0 Å². The number of hydrogen-bond acceptors (Lipinski definition) is 3. The van der Waals surface area contributed by atoms with E-state index in [2.05, 4.69) is 16.9 Å². The van der Waals surface area contributed by atoms with Gasteiger partial charge in [-0.3, -0.25) is 4.57 Å². The largest absolute Gasteiger partial charge is 0.306 e. The molecule has 4 rings (SSSR count). The van der Waals surface area contributed by atoms with Crippen LogP contribution in [0.5, 0.6) is 0 Å². The van der Waals surface area contributed by atoms with Gasteiger partial charge in [0.05, 0.1) is 5.69 Å². The van der Waals surface area contributed by atoms with Crippen LogP contribution in [0.3, 0.4) is 0 Å². The van der Waals surface area contributed by atoms with Crippen LogP contribution in [-0.4, -0.2) is 39.6 Å². The van der Waals surface area contributed by atoms with Gasteiger partial charge >= 0.3 is 0 Å².